The lowest BCUT2D eigenvalue weighted by atomic mass is 10.2. The van der Waals surface area contributed by atoms with Crippen molar-refractivity contribution in [2.45, 2.75) is 13.1 Å². The highest BCUT2D eigenvalue weighted by Gasteiger charge is 2.29. The van der Waals surface area contributed by atoms with Crippen LogP contribution in [-0.2, 0) is 15.8 Å². The predicted octanol–water partition coefficient (Wildman–Crippen LogP) is 3.52. The fourth-order valence-electron chi connectivity index (χ4n) is 2.23. The number of carbonyl (C=O) groups excluding carboxylic acids is 2. The highest BCUT2D eigenvalue weighted by Crippen LogP contribution is 2.29. The Kier molecular flexibility index (Phi) is 6.44. The van der Waals surface area contributed by atoms with Gasteiger partial charge >= 0.3 is 6.18 Å². The van der Waals surface area contributed by atoms with E-state index in [-0.39, 0.29) is 24.9 Å². The zero-order valence-electron chi connectivity index (χ0n) is 14.9. The first kappa shape index (κ1) is 20.3. The quantitative estimate of drug-likeness (QED) is 0.807. The molecule has 0 aliphatic heterocycles. The SMILES string of the molecule is Cc1ccc(NC(=O)CN(C)C(=O)CNc2ccc(C(F)(F)F)cc2)cc1. The van der Waals surface area contributed by atoms with E-state index in [1.54, 1.807) is 12.1 Å². The minimum atomic E-state index is -4.40. The Bertz CT molecular complexity index is 787. The van der Waals surface area contributed by atoms with Crippen molar-refractivity contribution >= 4 is 23.2 Å². The lowest BCUT2D eigenvalue weighted by molar-refractivity contribution is -0.137. The predicted molar refractivity (Wildman–Crippen MR) is 97.4 cm³/mol. The van der Waals surface area contributed by atoms with Crippen LogP contribution in [0.1, 0.15) is 11.1 Å². The first-order chi connectivity index (χ1) is 12.6. The van der Waals surface area contributed by atoms with Gasteiger partial charge in [-0.2, -0.15) is 13.2 Å². The Labute approximate surface area is 155 Å². The number of amides is 2. The monoisotopic (exact) mass is 379 g/mol. The Hall–Kier alpha value is -3.03. The van der Waals surface area contributed by atoms with Gasteiger partial charge in [-0.05, 0) is 43.3 Å². The van der Waals surface area contributed by atoms with E-state index in [2.05, 4.69) is 10.6 Å². The number of rotatable bonds is 6. The van der Waals surface area contributed by atoms with Crippen LogP contribution < -0.4 is 10.6 Å². The Morgan fingerprint density at radius 3 is 2.07 bits per heavy atom. The van der Waals surface area contributed by atoms with Gasteiger partial charge in [-0.3, -0.25) is 9.59 Å². The smallest absolute Gasteiger partial charge is 0.376 e. The summed E-state index contributed by atoms with van der Waals surface area (Å²) in [5.74, 6) is -0.710. The van der Waals surface area contributed by atoms with Crippen molar-refractivity contribution in [3.05, 3.63) is 59.7 Å². The first-order valence-electron chi connectivity index (χ1n) is 8.17. The largest absolute Gasteiger partial charge is 0.416 e. The van der Waals surface area contributed by atoms with Crippen LogP contribution in [0.4, 0.5) is 24.5 Å². The number of hydrogen-bond donors (Lipinski definition) is 2. The Balaban J connectivity index is 1.81. The van der Waals surface area contributed by atoms with Crippen molar-refractivity contribution in [2.75, 3.05) is 30.8 Å². The number of halogens is 3. The minimum Gasteiger partial charge on any atom is -0.376 e. The molecule has 8 heteroatoms. The number of carbonyl (C=O) groups is 2. The molecule has 0 heterocycles. The molecule has 0 aliphatic rings. The molecule has 2 aromatic rings. The van der Waals surface area contributed by atoms with E-state index in [0.29, 0.717) is 11.4 Å². The van der Waals surface area contributed by atoms with Gasteiger partial charge in [0.15, 0.2) is 0 Å². The molecule has 0 atom stereocenters. The maximum Gasteiger partial charge on any atom is 0.416 e. The van der Waals surface area contributed by atoms with Gasteiger partial charge in [0.25, 0.3) is 0 Å². The van der Waals surface area contributed by atoms with Crippen LogP contribution in [0.3, 0.4) is 0 Å². The van der Waals surface area contributed by atoms with Crippen LogP contribution in [0.2, 0.25) is 0 Å². The average molecular weight is 379 g/mol. The van der Waals surface area contributed by atoms with Gasteiger partial charge in [-0.1, -0.05) is 17.7 Å². The molecule has 5 nitrogen and oxygen atoms in total. The third-order valence-electron chi connectivity index (χ3n) is 3.80. The number of nitrogens with one attached hydrogen (secondary N) is 2. The van der Waals surface area contributed by atoms with Crippen LogP contribution in [0.5, 0.6) is 0 Å². The zero-order chi connectivity index (χ0) is 20.0. The van der Waals surface area contributed by atoms with Crippen molar-refractivity contribution < 1.29 is 22.8 Å². The van der Waals surface area contributed by atoms with Crippen molar-refractivity contribution in [1.29, 1.82) is 0 Å². The second-order valence-corrected chi connectivity index (χ2v) is 6.09. The molecular weight excluding hydrogens is 359 g/mol. The zero-order valence-corrected chi connectivity index (χ0v) is 14.9. The fraction of sp³-hybridized carbons (Fsp3) is 0.263. The summed E-state index contributed by atoms with van der Waals surface area (Å²) >= 11 is 0. The molecule has 0 aromatic heterocycles. The minimum absolute atomic E-state index is 0.137. The molecule has 0 aliphatic carbocycles. The summed E-state index contributed by atoms with van der Waals surface area (Å²) < 4.78 is 37.6. The lowest BCUT2D eigenvalue weighted by Crippen LogP contribution is -2.38. The van der Waals surface area contributed by atoms with Gasteiger partial charge in [0.2, 0.25) is 11.8 Å². The number of nitrogens with zero attached hydrogens (tertiary/aromatic N) is 1. The molecule has 0 radical (unpaired) electrons. The number of likely N-dealkylation sites (N-methyl/N-ethyl adjacent to an activating group) is 1. The molecule has 0 bridgehead atoms. The van der Waals surface area contributed by atoms with Crippen LogP contribution in [-0.4, -0.2) is 36.9 Å². The highest BCUT2D eigenvalue weighted by molar-refractivity contribution is 5.95. The fourth-order valence-corrected chi connectivity index (χ4v) is 2.23. The lowest BCUT2D eigenvalue weighted by Gasteiger charge is -2.17. The molecule has 2 amide bonds. The molecule has 2 N–H and O–H groups in total. The van der Waals surface area contributed by atoms with E-state index in [4.69, 9.17) is 0 Å². The summed E-state index contributed by atoms with van der Waals surface area (Å²) in [5, 5.41) is 5.43. The summed E-state index contributed by atoms with van der Waals surface area (Å²) in [7, 11) is 1.48. The number of anilines is 2. The second kappa shape index (κ2) is 8.57. The number of aryl methyl sites for hydroxylation is 1. The van der Waals surface area contributed by atoms with Gasteiger partial charge < -0.3 is 15.5 Å². The highest BCUT2D eigenvalue weighted by atomic mass is 19.4. The Morgan fingerprint density at radius 1 is 0.963 bits per heavy atom. The molecule has 0 fully saturated rings. The third-order valence-corrected chi connectivity index (χ3v) is 3.80. The maximum absolute atomic E-state index is 12.5. The Morgan fingerprint density at radius 2 is 1.52 bits per heavy atom. The standard InChI is InChI=1S/C19H20F3N3O2/c1-13-3-7-16(8-4-13)24-17(26)12-25(2)18(27)11-23-15-9-5-14(6-10-15)19(20,21)22/h3-10,23H,11-12H2,1-2H3,(H,24,26). The van der Waals surface area contributed by atoms with Crippen LogP contribution in [0.25, 0.3) is 0 Å². The van der Waals surface area contributed by atoms with E-state index in [0.717, 1.165) is 17.7 Å². The summed E-state index contributed by atoms with van der Waals surface area (Å²) in [6.07, 6.45) is -4.40. The van der Waals surface area contributed by atoms with Crippen LogP contribution >= 0.6 is 0 Å². The molecule has 27 heavy (non-hydrogen) atoms. The topological polar surface area (TPSA) is 61.4 Å². The van der Waals surface area contributed by atoms with Gasteiger partial charge in [-0.25, -0.2) is 0 Å². The van der Waals surface area contributed by atoms with Gasteiger partial charge in [0.05, 0.1) is 18.7 Å². The molecule has 0 saturated carbocycles. The molecular formula is C19H20F3N3O2. The van der Waals surface area contributed by atoms with E-state index < -0.39 is 11.7 Å². The normalized spacial score (nSPS) is 11.0. The van der Waals surface area contributed by atoms with E-state index >= 15 is 0 Å². The molecule has 0 unspecified atom stereocenters. The molecule has 2 aromatic carbocycles. The van der Waals surface area contributed by atoms with E-state index in [9.17, 15) is 22.8 Å². The number of hydrogen-bond acceptors (Lipinski definition) is 3. The molecule has 0 saturated heterocycles. The van der Waals surface area contributed by atoms with Crippen molar-refractivity contribution in [3.63, 3.8) is 0 Å². The maximum atomic E-state index is 12.5. The van der Waals surface area contributed by atoms with Crippen molar-refractivity contribution in [2.24, 2.45) is 0 Å². The van der Waals surface area contributed by atoms with Crippen molar-refractivity contribution in [1.82, 2.24) is 4.90 Å². The van der Waals surface area contributed by atoms with Crippen LogP contribution in [0.15, 0.2) is 48.5 Å². The van der Waals surface area contributed by atoms with Gasteiger partial charge in [0.1, 0.15) is 0 Å². The van der Waals surface area contributed by atoms with Gasteiger partial charge in [0, 0.05) is 18.4 Å². The summed E-state index contributed by atoms with van der Waals surface area (Å²) in [6.45, 7) is 1.66. The number of benzene rings is 2. The molecule has 0 spiro atoms. The van der Waals surface area contributed by atoms with E-state index in [1.165, 1.54) is 24.1 Å². The van der Waals surface area contributed by atoms with Crippen LogP contribution in [0, 0.1) is 6.92 Å². The van der Waals surface area contributed by atoms with Crippen molar-refractivity contribution in [3.8, 4) is 0 Å². The van der Waals surface area contributed by atoms with Gasteiger partial charge in [-0.15, -0.1) is 0 Å². The summed E-state index contributed by atoms with van der Waals surface area (Å²) in [4.78, 5) is 25.3. The number of alkyl halides is 3. The summed E-state index contributed by atoms with van der Waals surface area (Å²) in [5.41, 5.74) is 1.32. The summed E-state index contributed by atoms with van der Waals surface area (Å²) in [6, 6.07) is 11.6. The molecule has 2 rings (SSSR count). The second-order valence-electron chi connectivity index (χ2n) is 6.09. The molecule has 144 valence electrons. The third kappa shape index (κ3) is 6.32. The van der Waals surface area contributed by atoms with E-state index in [1.807, 2.05) is 19.1 Å². The first-order valence-corrected chi connectivity index (χ1v) is 8.17. The average Bonchev–Trinajstić information content (AvgIpc) is 2.61.